The van der Waals surface area contributed by atoms with Gasteiger partial charge in [0.2, 0.25) is 0 Å². The van der Waals surface area contributed by atoms with Crippen LogP contribution in [0.25, 0.3) is 0 Å². The fourth-order valence-corrected chi connectivity index (χ4v) is 2.12. The molecule has 0 radical (unpaired) electrons. The molecule has 5 heteroatoms. The molecule has 0 aromatic heterocycles. The number of carbonyl (C=O) groups is 1. The molecule has 0 bridgehead atoms. The van der Waals surface area contributed by atoms with Crippen LogP contribution in [-0.2, 0) is 11.3 Å². The van der Waals surface area contributed by atoms with Crippen molar-refractivity contribution >= 4 is 6.09 Å². The van der Waals surface area contributed by atoms with E-state index in [4.69, 9.17) is 9.84 Å². The van der Waals surface area contributed by atoms with Crippen LogP contribution < -0.4 is 0 Å². The second kappa shape index (κ2) is 5.82. The highest BCUT2D eigenvalue weighted by Crippen LogP contribution is 2.26. The van der Waals surface area contributed by atoms with E-state index in [1.807, 2.05) is 30.3 Å². The maximum absolute atomic E-state index is 12.7. The molecule has 2 atom stereocenters. The summed E-state index contributed by atoms with van der Waals surface area (Å²) in [7, 11) is 0. The maximum Gasteiger partial charge on any atom is 0.407 e. The van der Waals surface area contributed by atoms with Crippen LogP contribution in [0.3, 0.4) is 0 Å². The molecule has 18 heavy (non-hydrogen) atoms. The smallest absolute Gasteiger partial charge is 0.407 e. The van der Waals surface area contributed by atoms with Gasteiger partial charge in [-0.3, -0.25) is 0 Å². The predicted octanol–water partition coefficient (Wildman–Crippen LogP) is 2.15. The third-order valence-electron chi connectivity index (χ3n) is 3.22. The Kier molecular flexibility index (Phi) is 4.15. The van der Waals surface area contributed by atoms with Crippen molar-refractivity contribution in [2.45, 2.75) is 12.6 Å². The predicted molar refractivity (Wildman–Crippen MR) is 64.1 cm³/mol. The topological polar surface area (TPSA) is 49.8 Å². The molecule has 98 valence electrons. The van der Waals surface area contributed by atoms with E-state index in [0.29, 0.717) is 19.8 Å². The summed E-state index contributed by atoms with van der Waals surface area (Å²) in [6, 6.07) is 9.16. The van der Waals surface area contributed by atoms with Gasteiger partial charge in [0.15, 0.2) is 0 Å². The molecule has 0 spiro atoms. The Morgan fingerprint density at radius 3 is 2.78 bits per heavy atom. The number of rotatable bonds is 5. The molecule has 0 unspecified atom stereocenters. The fourth-order valence-electron chi connectivity index (χ4n) is 2.12. The molecule has 1 aliphatic rings. The van der Waals surface area contributed by atoms with Crippen molar-refractivity contribution in [2.75, 3.05) is 19.8 Å². The average Bonchev–Trinajstić information content (AvgIpc) is 2.34. The molecule has 0 saturated carbocycles. The molecule has 4 nitrogen and oxygen atoms in total. The van der Waals surface area contributed by atoms with Gasteiger partial charge in [0.05, 0.1) is 19.3 Å². The maximum atomic E-state index is 12.7. The van der Waals surface area contributed by atoms with Crippen molar-refractivity contribution in [1.82, 2.24) is 4.90 Å². The zero-order valence-electron chi connectivity index (χ0n) is 9.96. The van der Waals surface area contributed by atoms with Gasteiger partial charge in [0.25, 0.3) is 0 Å². The number of carboxylic acid groups (broad SMARTS) is 1. The van der Waals surface area contributed by atoms with Gasteiger partial charge in [-0.25, -0.2) is 9.18 Å². The first-order valence-corrected chi connectivity index (χ1v) is 5.89. The Bertz CT molecular complexity index is 398. The molecule has 1 amide bonds. The second-order valence-corrected chi connectivity index (χ2v) is 4.42. The summed E-state index contributed by atoms with van der Waals surface area (Å²) >= 11 is 0. The zero-order valence-corrected chi connectivity index (χ0v) is 9.96. The van der Waals surface area contributed by atoms with Crippen LogP contribution in [0.15, 0.2) is 30.3 Å². The van der Waals surface area contributed by atoms with Crippen LogP contribution >= 0.6 is 0 Å². The quantitative estimate of drug-likeness (QED) is 0.874. The van der Waals surface area contributed by atoms with Crippen molar-refractivity contribution in [2.24, 2.45) is 5.92 Å². The molecule has 1 saturated heterocycles. The molecule has 1 aromatic rings. The standard InChI is InChI=1S/C13H16FNO3/c14-6-12-11(7-15(12)13(16)17)9-18-8-10-4-2-1-3-5-10/h1-5,11-12H,6-9H2,(H,16,17)/t11-,12-/m1/s1. The Balaban J connectivity index is 1.74. The monoisotopic (exact) mass is 253 g/mol. The number of alkyl halides is 1. The first kappa shape index (κ1) is 12.8. The lowest BCUT2D eigenvalue weighted by Gasteiger charge is -2.44. The highest BCUT2D eigenvalue weighted by Gasteiger charge is 2.41. The van der Waals surface area contributed by atoms with Crippen LogP contribution in [0.2, 0.25) is 0 Å². The van der Waals surface area contributed by atoms with E-state index in [0.717, 1.165) is 10.5 Å². The summed E-state index contributed by atoms with van der Waals surface area (Å²) in [4.78, 5) is 11.8. The number of hydrogen-bond donors (Lipinski definition) is 1. The number of nitrogens with zero attached hydrogens (tertiary/aromatic N) is 1. The number of halogens is 1. The zero-order chi connectivity index (χ0) is 13.0. The van der Waals surface area contributed by atoms with E-state index < -0.39 is 18.8 Å². The summed E-state index contributed by atoms with van der Waals surface area (Å²) in [5.41, 5.74) is 1.06. The van der Waals surface area contributed by atoms with E-state index in [2.05, 4.69) is 0 Å². The molecule has 2 rings (SSSR count). The number of likely N-dealkylation sites (tertiary alicyclic amines) is 1. The van der Waals surface area contributed by atoms with Gasteiger partial charge < -0.3 is 14.7 Å². The van der Waals surface area contributed by atoms with Crippen LogP contribution in [0, 0.1) is 5.92 Å². The lowest BCUT2D eigenvalue weighted by Crippen LogP contribution is -2.60. The van der Waals surface area contributed by atoms with Crippen molar-refractivity contribution in [3.63, 3.8) is 0 Å². The molecule has 1 N–H and O–H groups in total. The number of amides is 1. The number of hydrogen-bond acceptors (Lipinski definition) is 2. The van der Waals surface area contributed by atoms with E-state index in [-0.39, 0.29) is 5.92 Å². The minimum absolute atomic E-state index is 0.0326. The molecule has 1 aliphatic heterocycles. The van der Waals surface area contributed by atoms with Crippen LogP contribution in [0.4, 0.5) is 9.18 Å². The average molecular weight is 253 g/mol. The molecule has 0 aliphatic carbocycles. The lowest BCUT2D eigenvalue weighted by molar-refractivity contribution is -0.0391. The van der Waals surface area contributed by atoms with Crippen LogP contribution in [0.5, 0.6) is 0 Å². The van der Waals surface area contributed by atoms with Gasteiger partial charge in [0.1, 0.15) is 6.67 Å². The van der Waals surface area contributed by atoms with Crippen molar-refractivity contribution in [3.8, 4) is 0 Å². The summed E-state index contributed by atoms with van der Waals surface area (Å²) in [6.45, 7) is 0.584. The molecule has 1 aromatic carbocycles. The Morgan fingerprint density at radius 1 is 1.44 bits per heavy atom. The molecule has 1 fully saturated rings. The van der Waals surface area contributed by atoms with E-state index >= 15 is 0 Å². The molecular weight excluding hydrogens is 237 g/mol. The number of ether oxygens (including phenoxy) is 1. The van der Waals surface area contributed by atoms with Crippen molar-refractivity contribution in [1.29, 1.82) is 0 Å². The minimum atomic E-state index is -1.06. The Morgan fingerprint density at radius 2 is 2.17 bits per heavy atom. The highest BCUT2D eigenvalue weighted by atomic mass is 19.1. The third-order valence-corrected chi connectivity index (χ3v) is 3.22. The SMILES string of the molecule is O=C(O)N1C[C@H](COCc2ccccc2)[C@H]1CF. The lowest BCUT2D eigenvalue weighted by atomic mass is 9.91. The van der Waals surface area contributed by atoms with E-state index in [9.17, 15) is 9.18 Å². The largest absolute Gasteiger partial charge is 0.465 e. The van der Waals surface area contributed by atoms with E-state index in [1.54, 1.807) is 0 Å². The van der Waals surface area contributed by atoms with Crippen molar-refractivity contribution in [3.05, 3.63) is 35.9 Å². The minimum Gasteiger partial charge on any atom is -0.465 e. The first-order chi connectivity index (χ1) is 8.72. The molecular formula is C13H16FNO3. The first-order valence-electron chi connectivity index (χ1n) is 5.89. The summed E-state index contributed by atoms with van der Waals surface area (Å²) < 4.78 is 18.2. The van der Waals surface area contributed by atoms with Gasteiger partial charge >= 0.3 is 6.09 Å². The summed E-state index contributed by atoms with van der Waals surface area (Å²) in [6.07, 6.45) is -1.06. The molecule has 1 heterocycles. The Hall–Kier alpha value is -1.62. The van der Waals surface area contributed by atoms with Gasteiger partial charge in [0, 0.05) is 12.5 Å². The summed E-state index contributed by atoms with van der Waals surface area (Å²) in [5, 5.41) is 8.77. The normalized spacial score (nSPS) is 22.6. The van der Waals surface area contributed by atoms with Crippen LogP contribution in [-0.4, -0.2) is 42.0 Å². The fraction of sp³-hybridized carbons (Fsp3) is 0.462. The number of benzene rings is 1. The van der Waals surface area contributed by atoms with Crippen molar-refractivity contribution < 1.29 is 19.0 Å². The third kappa shape index (κ3) is 2.79. The highest BCUT2D eigenvalue weighted by molar-refractivity contribution is 5.66. The van der Waals surface area contributed by atoms with Crippen LogP contribution in [0.1, 0.15) is 5.56 Å². The van der Waals surface area contributed by atoms with Gasteiger partial charge in [-0.1, -0.05) is 30.3 Å². The van der Waals surface area contributed by atoms with Gasteiger partial charge in [-0.15, -0.1) is 0 Å². The Labute approximate surface area is 105 Å². The van der Waals surface area contributed by atoms with Gasteiger partial charge in [-0.2, -0.15) is 0 Å². The van der Waals surface area contributed by atoms with E-state index in [1.165, 1.54) is 0 Å². The summed E-state index contributed by atoms with van der Waals surface area (Å²) in [5.74, 6) is -0.0326. The van der Waals surface area contributed by atoms with Gasteiger partial charge in [-0.05, 0) is 5.56 Å². The second-order valence-electron chi connectivity index (χ2n) is 4.42.